The first-order chi connectivity index (χ1) is 8.93. The van der Waals surface area contributed by atoms with E-state index in [1.54, 1.807) is 6.20 Å². The molecule has 0 aliphatic heterocycles. The van der Waals surface area contributed by atoms with Gasteiger partial charge in [0.25, 0.3) is 0 Å². The summed E-state index contributed by atoms with van der Waals surface area (Å²) in [7, 11) is 0. The van der Waals surface area contributed by atoms with Gasteiger partial charge in [-0.3, -0.25) is 0 Å². The van der Waals surface area contributed by atoms with Crippen molar-refractivity contribution in [1.82, 2.24) is 19.7 Å². The molecular weight excluding hydrogens is 224 g/mol. The Balaban J connectivity index is 2.08. The molecule has 0 fully saturated rings. The van der Waals surface area contributed by atoms with Crippen LogP contribution in [0.5, 0.6) is 0 Å². The normalized spacial score (nSPS) is 11.3. The Kier molecular flexibility index (Phi) is 1.80. The third-order valence-corrected chi connectivity index (χ3v) is 3.07. The zero-order chi connectivity index (χ0) is 11.9. The highest BCUT2D eigenvalue weighted by Gasteiger charge is 2.09. The van der Waals surface area contributed by atoms with Crippen LogP contribution in [-0.2, 0) is 0 Å². The third kappa shape index (κ3) is 1.20. The summed E-state index contributed by atoms with van der Waals surface area (Å²) in [5, 5.41) is 6.58. The van der Waals surface area contributed by atoms with E-state index in [4.69, 9.17) is 0 Å². The van der Waals surface area contributed by atoms with Gasteiger partial charge in [-0.05, 0) is 30.3 Å². The molecule has 1 aromatic carbocycles. The van der Waals surface area contributed by atoms with Gasteiger partial charge in [0, 0.05) is 23.2 Å². The third-order valence-electron chi connectivity index (χ3n) is 3.07. The Morgan fingerprint density at radius 2 is 2.28 bits per heavy atom. The average molecular weight is 233 g/mol. The maximum absolute atomic E-state index is 4.44. The summed E-state index contributed by atoms with van der Waals surface area (Å²) >= 11 is 0. The number of aromatic nitrogens is 4. The standard InChI is InChI=1S/C14H9N4/c1-2-6-12-10(4-1)8-17-18(12)13-9-16-14-11(13)5-3-7-15-14/h2-9H,(H,15,16). The van der Waals surface area contributed by atoms with Crippen molar-refractivity contribution in [2.24, 2.45) is 0 Å². The van der Waals surface area contributed by atoms with Crippen molar-refractivity contribution in [3.8, 4) is 5.69 Å². The molecule has 4 aromatic rings. The van der Waals surface area contributed by atoms with Gasteiger partial charge in [0.1, 0.15) is 5.65 Å². The Bertz CT molecular complexity index is 769. The van der Waals surface area contributed by atoms with E-state index in [1.807, 2.05) is 47.4 Å². The first kappa shape index (κ1) is 9.41. The van der Waals surface area contributed by atoms with E-state index in [9.17, 15) is 0 Å². The van der Waals surface area contributed by atoms with Crippen LogP contribution in [0.1, 0.15) is 0 Å². The second-order valence-corrected chi connectivity index (χ2v) is 4.11. The van der Waals surface area contributed by atoms with Gasteiger partial charge in [-0.1, -0.05) is 6.07 Å². The molecule has 0 saturated carbocycles. The van der Waals surface area contributed by atoms with Crippen LogP contribution < -0.4 is 0 Å². The van der Waals surface area contributed by atoms with Crippen LogP contribution in [0.3, 0.4) is 0 Å². The number of pyridine rings is 1. The highest BCUT2D eigenvalue weighted by Crippen LogP contribution is 2.23. The first-order valence-electron chi connectivity index (χ1n) is 5.70. The summed E-state index contributed by atoms with van der Waals surface area (Å²) < 4.78 is 1.92. The van der Waals surface area contributed by atoms with Gasteiger partial charge in [-0.15, -0.1) is 0 Å². The number of H-pyrrole nitrogens is 1. The van der Waals surface area contributed by atoms with Gasteiger partial charge >= 0.3 is 0 Å². The molecule has 0 amide bonds. The Hall–Kier alpha value is -2.62. The topological polar surface area (TPSA) is 46.5 Å². The van der Waals surface area contributed by atoms with Gasteiger partial charge in [0.05, 0.1) is 17.4 Å². The SMILES string of the molecule is [c]1ccc2c(c1)cnn2-c1c[nH]c2ncccc12. The molecular formula is C14H9N4. The minimum Gasteiger partial charge on any atom is -0.344 e. The van der Waals surface area contributed by atoms with Gasteiger partial charge in [0.15, 0.2) is 0 Å². The zero-order valence-corrected chi connectivity index (χ0v) is 9.46. The van der Waals surface area contributed by atoms with Crippen LogP contribution in [0.15, 0.2) is 48.9 Å². The summed E-state index contributed by atoms with van der Waals surface area (Å²) in [5.41, 5.74) is 2.96. The molecule has 0 aliphatic carbocycles. The number of nitrogens with zero attached hydrogens (tertiary/aromatic N) is 3. The fraction of sp³-hybridized carbons (Fsp3) is 0. The molecule has 3 aromatic heterocycles. The molecule has 3 heterocycles. The van der Waals surface area contributed by atoms with E-state index in [1.165, 1.54) is 0 Å². The molecule has 0 unspecified atom stereocenters. The fourth-order valence-corrected chi connectivity index (χ4v) is 2.22. The van der Waals surface area contributed by atoms with Crippen molar-refractivity contribution in [3.05, 3.63) is 55.0 Å². The lowest BCUT2D eigenvalue weighted by atomic mass is 10.2. The molecule has 4 rings (SSSR count). The molecule has 0 aliphatic rings. The van der Waals surface area contributed by atoms with E-state index in [-0.39, 0.29) is 0 Å². The molecule has 4 heteroatoms. The molecule has 0 spiro atoms. The molecule has 0 bridgehead atoms. The molecule has 0 saturated heterocycles. The van der Waals surface area contributed by atoms with Crippen molar-refractivity contribution >= 4 is 21.9 Å². The Morgan fingerprint density at radius 3 is 3.28 bits per heavy atom. The minimum atomic E-state index is 0.874. The summed E-state index contributed by atoms with van der Waals surface area (Å²) in [6.07, 6.45) is 5.56. The minimum absolute atomic E-state index is 0.874. The summed E-state index contributed by atoms with van der Waals surface area (Å²) in [6, 6.07) is 12.9. The Labute approximate surface area is 103 Å². The van der Waals surface area contributed by atoms with E-state index in [0.29, 0.717) is 0 Å². The van der Waals surface area contributed by atoms with E-state index < -0.39 is 0 Å². The number of fused-ring (bicyclic) bond motifs is 2. The van der Waals surface area contributed by atoms with Gasteiger partial charge < -0.3 is 4.98 Å². The first-order valence-corrected chi connectivity index (χ1v) is 5.70. The average Bonchev–Trinajstić information content (AvgIpc) is 3.01. The number of benzene rings is 1. The smallest absolute Gasteiger partial charge is 0.139 e. The van der Waals surface area contributed by atoms with E-state index >= 15 is 0 Å². The fourth-order valence-electron chi connectivity index (χ4n) is 2.22. The van der Waals surface area contributed by atoms with Crippen molar-refractivity contribution in [3.63, 3.8) is 0 Å². The van der Waals surface area contributed by atoms with E-state index in [2.05, 4.69) is 21.1 Å². The summed E-state index contributed by atoms with van der Waals surface area (Å²) in [6.45, 7) is 0. The van der Waals surface area contributed by atoms with Crippen LogP contribution in [0.25, 0.3) is 27.6 Å². The van der Waals surface area contributed by atoms with Gasteiger partial charge in [-0.2, -0.15) is 5.10 Å². The van der Waals surface area contributed by atoms with Crippen molar-refractivity contribution in [2.75, 3.05) is 0 Å². The van der Waals surface area contributed by atoms with Crippen molar-refractivity contribution in [1.29, 1.82) is 0 Å². The number of hydrogen-bond donors (Lipinski definition) is 1. The quantitative estimate of drug-likeness (QED) is 0.549. The highest BCUT2D eigenvalue weighted by atomic mass is 15.3. The molecule has 1 radical (unpaired) electrons. The second kappa shape index (κ2) is 3.43. The molecule has 85 valence electrons. The number of rotatable bonds is 1. The van der Waals surface area contributed by atoms with Crippen LogP contribution in [-0.4, -0.2) is 19.7 Å². The van der Waals surface area contributed by atoms with Gasteiger partial charge in [0.2, 0.25) is 0 Å². The van der Waals surface area contributed by atoms with Crippen LogP contribution in [0, 0.1) is 6.07 Å². The monoisotopic (exact) mass is 233 g/mol. The molecule has 1 N–H and O–H groups in total. The number of aromatic amines is 1. The van der Waals surface area contributed by atoms with Crippen molar-refractivity contribution in [2.45, 2.75) is 0 Å². The highest BCUT2D eigenvalue weighted by molar-refractivity contribution is 5.88. The molecule has 0 atom stereocenters. The molecule has 18 heavy (non-hydrogen) atoms. The predicted molar refractivity (Wildman–Crippen MR) is 69.6 cm³/mol. The lowest BCUT2D eigenvalue weighted by molar-refractivity contribution is 0.917. The lowest BCUT2D eigenvalue weighted by Crippen LogP contribution is -1.94. The lowest BCUT2D eigenvalue weighted by Gasteiger charge is -2.00. The molecule has 4 nitrogen and oxygen atoms in total. The Morgan fingerprint density at radius 1 is 1.28 bits per heavy atom. The maximum Gasteiger partial charge on any atom is 0.139 e. The van der Waals surface area contributed by atoms with E-state index in [0.717, 1.165) is 27.6 Å². The van der Waals surface area contributed by atoms with Crippen LogP contribution in [0.2, 0.25) is 0 Å². The summed E-state index contributed by atoms with van der Waals surface area (Å²) in [4.78, 5) is 7.45. The number of nitrogens with one attached hydrogen (secondary N) is 1. The maximum atomic E-state index is 4.44. The summed E-state index contributed by atoms with van der Waals surface area (Å²) in [5.74, 6) is 0. The van der Waals surface area contributed by atoms with Gasteiger partial charge in [-0.25, -0.2) is 9.67 Å². The second-order valence-electron chi connectivity index (χ2n) is 4.11. The van der Waals surface area contributed by atoms with Crippen LogP contribution in [0.4, 0.5) is 0 Å². The van der Waals surface area contributed by atoms with Crippen LogP contribution >= 0.6 is 0 Å². The largest absolute Gasteiger partial charge is 0.344 e. The predicted octanol–water partition coefficient (Wildman–Crippen LogP) is 2.70. The van der Waals surface area contributed by atoms with Crippen molar-refractivity contribution < 1.29 is 0 Å². The number of hydrogen-bond acceptors (Lipinski definition) is 2. The zero-order valence-electron chi connectivity index (χ0n) is 9.46.